The van der Waals surface area contributed by atoms with Gasteiger partial charge in [0.05, 0.1) is 0 Å². The van der Waals surface area contributed by atoms with Gasteiger partial charge in [-0.25, -0.2) is 0 Å². The van der Waals surface area contributed by atoms with E-state index in [0.717, 1.165) is 53.4 Å². The lowest BCUT2D eigenvalue weighted by atomic mass is 9.91. The molecule has 1 aliphatic heterocycles. The van der Waals surface area contributed by atoms with Crippen molar-refractivity contribution in [1.82, 2.24) is 5.32 Å². The highest BCUT2D eigenvalue weighted by atomic mass is 16.2. The van der Waals surface area contributed by atoms with Gasteiger partial charge in [-0.3, -0.25) is 9.59 Å². The number of nitrogens with zero attached hydrogens (tertiary/aromatic N) is 1. The lowest BCUT2D eigenvalue weighted by Crippen LogP contribution is -2.48. The lowest BCUT2D eigenvalue weighted by molar-refractivity contribution is -0.123. The molecule has 0 aromatic heterocycles. The molecule has 3 aromatic rings. The minimum atomic E-state index is -0.475. The molecule has 2 aliphatic rings. The third-order valence-corrected chi connectivity index (χ3v) is 6.80. The quantitative estimate of drug-likeness (QED) is 0.593. The van der Waals surface area contributed by atoms with Crippen LogP contribution >= 0.6 is 0 Å². The highest BCUT2D eigenvalue weighted by molar-refractivity contribution is 6.02. The van der Waals surface area contributed by atoms with Gasteiger partial charge >= 0.3 is 0 Å². The van der Waals surface area contributed by atoms with Crippen molar-refractivity contribution in [3.63, 3.8) is 0 Å². The van der Waals surface area contributed by atoms with Gasteiger partial charge in [-0.2, -0.15) is 0 Å². The van der Waals surface area contributed by atoms with Crippen molar-refractivity contribution >= 4 is 34.0 Å². The van der Waals surface area contributed by atoms with Crippen molar-refractivity contribution in [3.05, 3.63) is 71.8 Å². The van der Waals surface area contributed by atoms with Crippen molar-refractivity contribution in [2.24, 2.45) is 11.5 Å². The van der Waals surface area contributed by atoms with E-state index >= 15 is 0 Å². The van der Waals surface area contributed by atoms with E-state index in [0.29, 0.717) is 12.0 Å². The van der Waals surface area contributed by atoms with Crippen LogP contribution in [0, 0.1) is 0 Å². The maximum atomic E-state index is 13.5. The number of nitrogens with two attached hydrogens (primary N) is 2. The van der Waals surface area contributed by atoms with Gasteiger partial charge in [-0.15, -0.1) is 0 Å². The number of nitrogens with one attached hydrogen (secondary N) is 1. The van der Waals surface area contributed by atoms with Crippen molar-refractivity contribution in [3.8, 4) is 0 Å². The Morgan fingerprint density at radius 3 is 2.44 bits per heavy atom. The fourth-order valence-corrected chi connectivity index (χ4v) is 5.07. The van der Waals surface area contributed by atoms with Crippen LogP contribution in [0.3, 0.4) is 0 Å². The molecule has 2 amide bonds. The van der Waals surface area contributed by atoms with E-state index in [1.807, 2.05) is 36.4 Å². The van der Waals surface area contributed by atoms with E-state index in [-0.39, 0.29) is 18.0 Å². The number of rotatable bonds is 4. The normalized spacial score (nSPS) is 22.5. The molecule has 5 N–H and O–H groups in total. The number of carbonyl (C=O) groups excluding carboxylic acids is 2. The summed E-state index contributed by atoms with van der Waals surface area (Å²) in [6, 6.07) is 19.7. The Hall–Kier alpha value is -3.38. The monoisotopic (exact) mass is 428 g/mol. The number of fused-ring (bicyclic) bond motifs is 2. The first-order valence-electron chi connectivity index (χ1n) is 11.3. The van der Waals surface area contributed by atoms with Gasteiger partial charge in [-0.1, -0.05) is 42.5 Å². The van der Waals surface area contributed by atoms with Gasteiger partial charge in [0.1, 0.15) is 6.04 Å². The van der Waals surface area contributed by atoms with Gasteiger partial charge < -0.3 is 21.7 Å². The topological polar surface area (TPSA) is 101 Å². The number of benzene rings is 3. The van der Waals surface area contributed by atoms with E-state index in [2.05, 4.69) is 28.4 Å². The summed E-state index contributed by atoms with van der Waals surface area (Å²) in [5, 5.41) is 5.44. The summed E-state index contributed by atoms with van der Waals surface area (Å²) in [7, 11) is 0. The molecule has 0 bridgehead atoms. The van der Waals surface area contributed by atoms with Crippen molar-refractivity contribution < 1.29 is 9.59 Å². The highest BCUT2D eigenvalue weighted by Gasteiger charge is 2.37. The second-order valence-electron chi connectivity index (χ2n) is 8.92. The molecular weight excluding hydrogens is 400 g/mol. The number of primary amides is 1. The highest BCUT2D eigenvalue weighted by Crippen LogP contribution is 2.42. The number of anilines is 2. The molecule has 5 rings (SSSR count). The van der Waals surface area contributed by atoms with E-state index in [9.17, 15) is 9.59 Å². The zero-order chi connectivity index (χ0) is 22.2. The van der Waals surface area contributed by atoms with Crippen LogP contribution in [-0.4, -0.2) is 29.9 Å². The smallest absolute Gasteiger partial charge is 0.248 e. The molecule has 1 unspecified atom stereocenters. The fraction of sp³-hybridized carbons (Fsp3) is 0.308. The number of carbonyl (C=O) groups is 2. The van der Waals surface area contributed by atoms with Gasteiger partial charge in [0, 0.05) is 40.8 Å². The molecule has 3 aromatic carbocycles. The van der Waals surface area contributed by atoms with Crippen LogP contribution in [0.2, 0.25) is 0 Å². The van der Waals surface area contributed by atoms with Crippen LogP contribution in [0.5, 0.6) is 0 Å². The predicted molar refractivity (Wildman–Crippen MR) is 127 cm³/mol. The molecule has 1 atom stereocenters. The average molecular weight is 429 g/mol. The van der Waals surface area contributed by atoms with Crippen LogP contribution in [-0.2, 0) is 11.2 Å². The minimum Gasteiger partial charge on any atom is -0.366 e. The number of hydrogen-bond acceptors (Lipinski definition) is 4. The average Bonchev–Trinajstić information content (AvgIpc) is 3.19. The summed E-state index contributed by atoms with van der Waals surface area (Å²) >= 11 is 0. The van der Waals surface area contributed by atoms with E-state index in [1.165, 1.54) is 0 Å². The molecule has 0 spiro atoms. The second kappa shape index (κ2) is 8.28. The summed E-state index contributed by atoms with van der Waals surface area (Å²) in [4.78, 5) is 27.5. The Morgan fingerprint density at radius 2 is 1.66 bits per heavy atom. The molecule has 0 radical (unpaired) electrons. The molecular formula is C26H28N4O2. The molecule has 32 heavy (non-hydrogen) atoms. The number of amides is 2. The van der Waals surface area contributed by atoms with Crippen LogP contribution in [0.15, 0.2) is 60.7 Å². The van der Waals surface area contributed by atoms with Crippen LogP contribution in [0.4, 0.5) is 11.4 Å². The zero-order valence-corrected chi connectivity index (χ0v) is 18.0. The Kier molecular flexibility index (Phi) is 5.31. The van der Waals surface area contributed by atoms with Gasteiger partial charge in [0.2, 0.25) is 11.8 Å². The molecule has 1 saturated carbocycles. The molecule has 6 nitrogen and oxygen atoms in total. The van der Waals surface area contributed by atoms with Gasteiger partial charge in [0.25, 0.3) is 0 Å². The molecule has 1 aliphatic carbocycles. The molecule has 1 fully saturated rings. The Bertz CT molecular complexity index is 1180. The zero-order valence-electron chi connectivity index (χ0n) is 18.0. The Balaban J connectivity index is 1.55. The third kappa shape index (κ3) is 3.71. The molecule has 164 valence electrons. The first-order valence-corrected chi connectivity index (χ1v) is 11.3. The van der Waals surface area contributed by atoms with E-state index in [4.69, 9.17) is 11.5 Å². The third-order valence-electron chi connectivity index (χ3n) is 6.80. The standard InChI is InChI=1S/C26H28N4O2/c27-19-10-12-20(13-11-19)29-26(32)24-14-17-8-9-18(25(28)31)15-23(17)30(24)22-7-3-5-16-4-1-2-6-21(16)22/h1-9,15,19-20,24H,10-14,27H2,(H2,28,31)(H,29,32). The largest absolute Gasteiger partial charge is 0.366 e. The first kappa shape index (κ1) is 20.5. The van der Waals surface area contributed by atoms with Crippen molar-refractivity contribution in [2.45, 2.75) is 50.2 Å². The Labute approximate surface area is 187 Å². The summed E-state index contributed by atoms with van der Waals surface area (Å²) in [6.07, 6.45) is 4.27. The first-order chi connectivity index (χ1) is 15.5. The Morgan fingerprint density at radius 1 is 0.906 bits per heavy atom. The van der Waals surface area contributed by atoms with Crippen molar-refractivity contribution in [1.29, 1.82) is 0 Å². The summed E-state index contributed by atoms with van der Waals surface area (Å²) < 4.78 is 0. The maximum Gasteiger partial charge on any atom is 0.248 e. The van der Waals surface area contributed by atoms with Gasteiger partial charge in [0.15, 0.2) is 0 Å². The maximum absolute atomic E-state index is 13.5. The SMILES string of the molecule is NC(=O)c1ccc2c(c1)N(c1cccc3ccccc13)C(C(=O)NC1CCC(N)CC1)C2. The van der Waals surface area contributed by atoms with Crippen LogP contribution in [0.25, 0.3) is 10.8 Å². The number of hydrogen-bond donors (Lipinski definition) is 3. The lowest BCUT2D eigenvalue weighted by Gasteiger charge is -2.32. The summed E-state index contributed by atoms with van der Waals surface area (Å²) in [5.74, 6) is -0.465. The van der Waals surface area contributed by atoms with Crippen LogP contribution in [0.1, 0.15) is 41.6 Å². The molecule has 6 heteroatoms. The summed E-state index contributed by atoms with van der Waals surface area (Å²) in [5.41, 5.74) is 14.9. The molecule has 0 saturated heterocycles. The van der Waals surface area contributed by atoms with E-state index in [1.54, 1.807) is 6.07 Å². The van der Waals surface area contributed by atoms with E-state index < -0.39 is 11.9 Å². The van der Waals surface area contributed by atoms with Crippen LogP contribution < -0.4 is 21.7 Å². The van der Waals surface area contributed by atoms with Gasteiger partial charge in [-0.05, 0) is 54.8 Å². The van der Waals surface area contributed by atoms with Crippen molar-refractivity contribution in [2.75, 3.05) is 4.90 Å². The molecule has 1 heterocycles. The predicted octanol–water partition coefficient (Wildman–Crippen LogP) is 3.39. The minimum absolute atomic E-state index is 0.00947. The fourth-order valence-electron chi connectivity index (χ4n) is 5.07. The summed E-state index contributed by atoms with van der Waals surface area (Å²) in [6.45, 7) is 0. The second-order valence-corrected chi connectivity index (χ2v) is 8.92.